The summed E-state index contributed by atoms with van der Waals surface area (Å²) in [5, 5.41) is 55.2. The van der Waals surface area contributed by atoms with Crippen molar-refractivity contribution in [1.82, 2.24) is 16.0 Å². The monoisotopic (exact) mass is 409 g/mol. The first-order valence-corrected chi connectivity index (χ1v) is 9.26. The molecular formula is C17H35N3O8. The molecule has 5 atom stereocenters. The Hall–Kier alpha value is -1.34. The van der Waals surface area contributed by atoms with Gasteiger partial charge in [0.1, 0.15) is 18.3 Å². The number of ether oxygens (including phenoxy) is 1. The highest BCUT2D eigenvalue weighted by Crippen LogP contribution is 2.05. The number of hydrogen-bond donors (Lipinski definition) is 8. The molecule has 0 aliphatic heterocycles. The summed E-state index contributed by atoms with van der Waals surface area (Å²) in [5.74, 6) is -0.709. The van der Waals surface area contributed by atoms with E-state index in [0.29, 0.717) is 13.2 Å². The number of carbonyl (C=O) groups is 2. The SMILES string of the molecule is COCCNC(=O)C(CCC(=O)NC[C@H](O)[C@@H](O)[C@H](O)[C@H](O)CO)NC(C)C. The fourth-order valence-corrected chi connectivity index (χ4v) is 2.36. The van der Waals surface area contributed by atoms with E-state index in [4.69, 9.17) is 9.84 Å². The van der Waals surface area contributed by atoms with Crippen molar-refractivity contribution in [3.63, 3.8) is 0 Å². The number of hydrogen-bond acceptors (Lipinski definition) is 9. The van der Waals surface area contributed by atoms with E-state index in [1.54, 1.807) is 0 Å². The highest BCUT2D eigenvalue weighted by molar-refractivity contribution is 5.83. The van der Waals surface area contributed by atoms with E-state index < -0.39 is 43.0 Å². The van der Waals surface area contributed by atoms with Gasteiger partial charge in [-0.2, -0.15) is 0 Å². The molecule has 0 aromatic rings. The minimum atomic E-state index is -1.76. The van der Waals surface area contributed by atoms with Crippen molar-refractivity contribution in [2.45, 2.75) is 63.2 Å². The molecule has 0 aliphatic rings. The van der Waals surface area contributed by atoms with Crippen LogP contribution < -0.4 is 16.0 Å². The van der Waals surface area contributed by atoms with Gasteiger partial charge in [-0.15, -0.1) is 0 Å². The van der Waals surface area contributed by atoms with Gasteiger partial charge < -0.3 is 46.2 Å². The van der Waals surface area contributed by atoms with Crippen LogP contribution in [0.3, 0.4) is 0 Å². The number of amides is 2. The van der Waals surface area contributed by atoms with Gasteiger partial charge in [-0.1, -0.05) is 13.8 Å². The lowest BCUT2D eigenvalue weighted by atomic mass is 10.0. The lowest BCUT2D eigenvalue weighted by molar-refractivity contribution is -0.126. The zero-order valence-electron chi connectivity index (χ0n) is 16.7. The van der Waals surface area contributed by atoms with Gasteiger partial charge in [0.15, 0.2) is 0 Å². The first kappa shape index (κ1) is 26.7. The largest absolute Gasteiger partial charge is 0.394 e. The molecule has 28 heavy (non-hydrogen) atoms. The number of rotatable bonds is 15. The van der Waals surface area contributed by atoms with Crippen LogP contribution in [-0.4, -0.2) is 107 Å². The van der Waals surface area contributed by atoms with Crippen molar-refractivity contribution < 1.29 is 39.9 Å². The van der Waals surface area contributed by atoms with Gasteiger partial charge >= 0.3 is 0 Å². The topological polar surface area (TPSA) is 181 Å². The molecule has 0 rings (SSSR count). The maximum Gasteiger partial charge on any atom is 0.237 e. The highest BCUT2D eigenvalue weighted by Gasteiger charge is 2.30. The molecule has 0 spiro atoms. The quantitative estimate of drug-likeness (QED) is 0.127. The Labute approximate surface area is 165 Å². The second-order valence-corrected chi connectivity index (χ2v) is 6.80. The Kier molecular flexibility index (Phi) is 13.9. The molecular weight excluding hydrogens is 374 g/mol. The summed E-state index contributed by atoms with van der Waals surface area (Å²) in [7, 11) is 1.52. The molecule has 0 aliphatic carbocycles. The maximum atomic E-state index is 12.2. The van der Waals surface area contributed by atoms with Crippen LogP contribution in [0.4, 0.5) is 0 Å². The average molecular weight is 409 g/mol. The third kappa shape index (κ3) is 10.9. The lowest BCUT2D eigenvalue weighted by Gasteiger charge is -2.25. The molecule has 1 unspecified atom stereocenters. The van der Waals surface area contributed by atoms with E-state index in [0.717, 1.165) is 0 Å². The molecule has 0 fully saturated rings. The average Bonchev–Trinajstić information content (AvgIpc) is 2.66. The molecule has 0 bridgehead atoms. The fraction of sp³-hybridized carbons (Fsp3) is 0.882. The van der Waals surface area contributed by atoms with Crippen LogP contribution >= 0.6 is 0 Å². The molecule has 0 saturated carbocycles. The molecule has 166 valence electrons. The van der Waals surface area contributed by atoms with Gasteiger partial charge in [-0.3, -0.25) is 9.59 Å². The number of aliphatic hydroxyl groups is 5. The van der Waals surface area contributed by atoms with Crippen molar-refractivity contribution in [1.29, 1.82) is 0 Å². The summed E-state index contributed by atoms with van der Waals surface area (Å²) in [6.07, 6.45) is -6.45. The Morgan fingerprint density at radius 2 is 1.61 bits per heavy atom. The molecule has 2 amide bonds. The van der Waals surface area contributed by atoms with E-state index in [-0.39, 0.29) is 31.3 Å². The first-order valence-electron chi connectivity index (χ1n) is 9.26. The standard InChI is InChI=1S/C17H35N3O8/c1-10(2)20-11(17(27)18-6-7-28-3)4-5-14(24)19-8-12(22)15(25)16(26)13(23)9-21/h10-13,15-16,20-23,25-26H,4-9H2,1-3H3,(H,18,27)(H,19,24)/t11?,12-,13+,15+,16+/m0/s1. The third-order valence-electron chi connectivity index (χ3n) is 3.95. The van der Waals surface area contributed by atoms with Crippen LogP contribution in [0.5, 0.6) is 0 Å². The number of carbonyl (C=O) groups excluding carboxylic acids is 2. The first-order chi connectivity index (χ1) is 13.1. The molecule has 0 aromatic carbocycles. The van der Waals surface area contributed by atoms with Crippen LogP contribution in [-0.2, 0) is 14.3 Å². The Morgan fingerprint density at radius 3 is 2.14 bits per heavy atom. The summed E-state index contributed by atoms with van der Waals surface area (Å²) in [6.45, 7) is 3.33. The molecule has 0 radical (unpaired) electrons. The van der Waals surface area contributed by atoms with Gasteiger partial charge in [0.25, 0.3) is 0 Å². The van der Waals surface area contributed by atoms with Gasteiger partial charge in [-0.25, -0.2) is 0 Å². The van der Waals surface area contributed by atoms with E-state index in [1.165, 1.54) is 7.11 Å². The lowest BCUT2D eigenvalue weighted by Crippen LogP contribution is -2.50. The fourth-order valence-electron chi connectivity index (χ4n) is 2.36. The van der Waals surface area contributed by atoms with E-state index in [1.807, 2.05) is 13.8 Å². The van der Waals surface area contributed by atoms with E-state index in [2.05, 4.69) is 16.0 Å². The Morgan fingerprint density at radius 1 is 1.00 bits per heavy atom. The normalized spacial score (nSPS) is 16.9. The second kappa shape index (κ2) is 14.6. The van der Waals surface area contributed by atoms with Gasteiger partial charge in [0.05, 0.1) is 25.4 Å². The molecule has 11 nitrogen and oxygen atoms in total. The van der Waals surface area contributed by atoms with Crippen LogP contribution in [0.2, 0.25) is 0 Å². The minimum Gasteiger partial charge on any atom is -0.394 e. The van der Waals surface area contributed by atoms with Crippen LogP contribution in [0.15, 0.2) is 0 Å². The summed E-state index contributed by atoms with van der Waals surface area (Å²) in [5.41, 5.74) is 0. The number of methoxy groups -OCH3 is 1. The van der Waals surface area contributed by atoms with Crippen molar-refractivity contribution >= 4 is 11.8 Å². The van der Waals surface area contributed by atoms with Crippen molar-refractivity contribution in [3.8, 4) is 0 Å². The van der Waals surface area contributed by atoms with Crippen LogP contribution in [0.1, 0.15) is 26.7 Å². The van der Waals surface area contributed by atoms with Crippen molar-refractivity contribution in [3.05, 3.63) is 0 Å². The third-order valence-corrected chi connectivity index (χ3v) is 3.95. The summed E-state index contributed by atoms with van der Waals surface area (Å²) < 4.78 is 4.87. The summed E-state index contributed by atoms with van der Waals surface area (Å²) in [6, 6.07) is -0.558. The predicted octanol–water partition coefficient (Wildman–Crippen LogP) is -3.55. The van der Waals surface area contributed by atoms with E-state index >= 15 is 0 Å². The number of nitrogens with one attached hydrogen (secondary N) is 3. The zero-order chi connectivity index (χ0) is 21.7. The number of aliphatic hydroxyl groups excluding tert-OH is 5. The maximum absolute atomic E-state index is 12.2. The van der Waals surface area contributed by atoms with Gasteiger partial charge in [-0.05, 0) is 6.42 Å². The molecule has 0 saturated heterocycles. The van der Waals surface area contributed by atoms with Gasteiger partial charge in [0.2, 0.25) is 11.8 Å². The molecule has 11 heteroatoms. The Balaban J connectivity index is 4.44. The minimum absolute atomic E-state index is 0.00722. The molecule has 0 aromatic heterocycles. The van der Waals surface area contributed by atoms with Crippen molar-refractivity contribution in [2.24, 2.45) is 0 Å². The molecule has 8 N–H and O–H groups in total. The predicted molar refractivity (Wildman–Crippen MR) is 100 cm³/mol. The van der Waals surface area contributed by atoms with Crippen LogP contribution in [0, 0.1) is 0 Å². The summed E-state index contributed by atoms with van der Waals surface area (Å²) >= 11 is 0. The summed E-state index contributed by atoms with van der Waals surface area (Å²) in [4.78, 5) is 24.2. The van der Waals surface area contributed by atoms with Crippen LogP contribution in [0.25, 0.3) is 0 Å². The van der Waals surface area contributed by atoms with Gasteiger partial charge in [0, 0.05) is 32.7 Å². The zero-order valence-corrected chi connectivity index (χ0v) is 16.7. The second-order valence-electron chi connectivity index (χ2n) is 6.80. The Bertz CT molecular complexity index is 452. The highest BCUT2D eigenvalue weighted by atomic mass is 16.5. The molecule has 0 heterocycles. The van der Waals surface area contributed by atoms with Crippen molar-refractivity contribution in [2.75, 3.05) is 33.4 Å². The smallest absolute Gasteiger partial charge is 0.237 e. The van der Waals surface area contributed by atoms with E-state index in [9.17, 15) is 30.0 Å².